The number of halogens is 3. The highest BCUT2D eigenvalue weighted by Gasteiger charge is 2.31. The van der Waals surface area contributed by atoms with Crippen LogP contribution in [0.5, 0.6) is 5.75 Å². The zero-order valence-corrected chi connectivity index (χ0v) is 17.7. The monoisotopic (exact) mass is 471 g/mol. The van der Waals surface area contributed by atoms with Crippen LogP contribution in [0.3, 0.4) is 0 Å². The zero-order chi connectivity index (χ0) is 23.5. The van der Waals surface area contributed by atoms with Gasteiger partial charge in [0.2, 0.25) is 15.9 Å². The topological polar surface area (TPSA) is 96.0 Å². The van der Waals surface area contributed by atoms with Crippen molar-refractivity contribution in [1.29, 1.82) is 0 Å². The summed E-state index contributed by atoms with van der Waals surface area (Å²) in [5.74, 6) is -1.34. The molecular formula is C20H20F3N3O5S. The van der Waals surface area contributed by atoms with E-state index in [1.54, 1.807) is 4.90 Å². The molecule has 0 unspecified atom stereocenters. The number of rotatable bonds is 5. The Kier molecular flexibility index (Phi) is 6.74. The summed E-state index contributed by atoms with van der Waals surface area (Å²) in [6.45, 7) is 2.21. The maximum atomic E-state index is 12.9. The number of anilines is 1. The van der Waals surface area contributed by atoms with Gasteiger partial charge in [-0.25, -0.2) is 8.42 Å². The van der Waals surface area contributed by atoms with Crippen LogP contribution in [0.25, 0.3) is 0 Å². The lowest BCUT2D eigenvalue weighted by molar-refractivity contribution is -0.274. The number of piperazine rings is 1. The number of carbonyl (C=O) groups is 2. The van der Waals surface area contributed by atoms with Crippen LogP contribution in [0.2, 0.25) is 0 Å². The summed E-state index contributed by atoms with van der Waals surface area (Å²) in [4.78, 5) is 25.4. The standard InChI is InChI=1S/C20H20F3N3O5S/c1-14(27)25-8-10-26(11-9-25)32(29,30)18-7-2-4-15(12-18)19(28)24-16-5-3-6-17(13-16)31-20(21,22)23/h2-7,12-13H,8-11H2,1H3,(H,24,28). The molecule has 12 heteroatoms. The van der Waals surface area contributed by atoms with Gasteiger partial charge in [0.15, 0.2) is 0 Å². The van der Waals surface area contributed by atoms with E-state index in [1.807, 2.05) is 0 Å². The Morgan fingerprint density at radius 1 is 1.00 bits per heavy atom. The van der Waals surface area contributed by atoms with Gasteiger partial charge in [0.05, 0.1) is 4.90 Å². The Bertz CT molecular complexity index is 1110. The summed E-state index contributed by atoms with van der Waals surface area (Å²) in [7, 11) is -3.90. The van der Waals surface area contributed by atoms with Gasteiger partial charge in [0, 0.05) is 50.4 Å². The lowest BCUT2D eigenvalue weighted by Gasteiger charge is -2.33. The number of sulfonamides is 1. The number of ether oxygens (including phenoxy) is 1. The predicted octanol–water partition coefficient (Wildman–Crippen LogP) is 2.69. The van der Waals surface area contributed by atoms with Crippen molar-refractivity contribution in [3.05, 3.63) is 54.1 Å². The van der Waals surface area contributed by atoms with Crippen molar-refractivity contribution in [3.8, 4) is 5.75 Å². The van der Waals surface area contributed by atoms with Gasteiger partial charge in [-0.05, 0) is 30.3 Å². The van der Waals surface area contributed by atoms with Crippen molar-refractivity contribution in [2.24, 2.45) is 0 Å². The molecule has 0 aromatic heterocycles. The fourth-order valence-corrected chi connectivity index (χ4v) is 4.63. The molecule has 3 rings (SSSR count). The fourth-order valence-electron chi connectivity index (χ4n) is 3.16. The summed E-state index contributed by atoms with van der Waals surface area (Å²) < 4.78 is 68.1. The van der Waals surface area contributed by atoms with Crippen molar-refractivity contribution < 1.29 is 35.9 Å². The number of amides is 2. The Labute approximate surface area is 182 Å². The van der Waals surface area contributed by atoms with Crippen LogP contribution in [-0.2, 0) is 14.8 Å². The van der Waals surface area contributed by atoms with Gasteiger partial charge in [-0.15, -0.1) is 13.2 Å². The highest BCUT2D eigenvalue weighted by atomic mass is 32.2. The fraction of sp³-hybridized carbons (Fsp3) is 0.300. The van der Waals surface area contributed by atoms with Gasteiger partial charge in [-0.1, -0.05) is 12.1 Å². The van der Waals surface area contributed by atoms with Crippen LogP contribution in [0.15, 0.2) is 53.4 Å². The van der Waals surface area contributed by atoms with E-state index in [0.717, 1.165) is 12.1 Å². The molecule has 1 N–H and O–H groups in total. The molecule has 0 aliphatic carbocycles. The number of nitrogens with zero attached hydrogens (tertiary/aromatic N) is 2. The number of carbonyl (C=O) groups excluding carboxylic acids is 2. The highest BCUT2D eigenvalue weighted by Crippen LogP contribution is 2.25. The van der Waals surface area contributed by atoms with Gasteiger partial charge in [-0.3, -0.25) is 9.59 Å². The summed E-state index contributed by atoms with van der Waals surface area (Å²) in [5, 5.41) is 2.42. The first-order valence-corrected chi connectivity index (χ1v) is 10.9. The zero-order valence-electron chi connectivity index (χ0n) is 16.9. The van der Waals surface area contributed by atoms with Crippen molar-refractivity contribution in [2.75, 3.05) is 31.5 Å². The number of hydrogen-bond donors (Lipinski definition) is 1. The van der Waals surface area contributed by atoms with Crippen LogP contribution in [0, 0.1) is 0 Å². The summed E-state index contributed by atoms with van der Waals surface area (Å²) in [5.41, 5.74) is 0.0564. The lowest BCUT2D eigenvalue weighted by Crippen LogP contribution is -2.49. The summed E-state index contributed by atoms with van der Waals surface area (Å²) in [6, 6.07) is 10.1. The van der Waals surface area contributed by atoms with Crippen molar-refractivity contribution >= 4 is 27.5 Å². The molecule has 0 spiro atoms. The number of hydrogen-bond acceptors (Lipinski definition) is 5. The molecule has 0 saturated carbocycles. The summed E-state index contributed by atoms with van der Waals surface area (Å²) in [6.07, 6.45) is -4.87. The van der Waals surface area contributed by atoms with Crippen molar-refractivity contribution in [2.45, 2.75) is 18.2 Å². The van der Waals surface area contributed by atoms with E-state index >= 15 is 0 Å². The Hall–Kier alpha value is -3.12. The first-order valence-electron chi connectivity index (χ1n) is 9.48. The molecule has 0 radical (unpaired) electrons. The van der Waals surface area contributed by atoms with Crippen molar-refractivity contribution in [1.82, 2.24) is 9.21 Å². The van der Waals surface area contributed by atoms with E-state index in [2.05, 4.69) is 10.1 Å². The molecule has 0 bridgehead atoms. The van der Waals surface area contributed by atoms with Crippen molar-refractivity contribution in [3.63, 3.8) is 0 Å². The van der Waals surface area contributed by atoms with E-state index < -0.39 is 28.0 Å². The third-order valence-corrected chi connectivity index (χ3v) is 6.64. The van der Waals surface area contributed by atoms with E-state index in [4.69, 9.17) is 0 Å². The predicted molar refractivity (Wildman–Crippen MR) is 109 cm³/mol. The Morgan fingerprint density at radius 3 is 2.28 bits per heavy atom. The average Bonchev–Trinajstić information content (AvgIpc) is 2.73. The molecule has 172 valence electrons. The smallest absolute Gasteiger partial charge is 0.406 e. The van der Waals surface area contributed by atoms with E-state index in [9.17, 15) is 31.2 Å². The molecule has 1 aliphatic rings. The maximum absolute atomic E-state index is 12.9. The molecule has 1 aliphatic heterocycles. The molecular weight excluding hydrogens is 451 g/mol. The lowest BCUT2D eigenvalue weighted by atomic mass is 10.2. The molecule has 1 heterocycles. The van der Waals surface area contributed by atoms with Crippen LogP contribution in [0.1, 0.15) is 17.3 Å². The maximum Gasteiger partial charge on any atom is 0.573 e. The first-order chi connectivity index (χ1) is 15.0. The van der Waals surface area contributed by atoms with E-state index in [-0.39, 0.29) is 48.2 Å². The molecule has 0 atom stereocenters. The molecule has 1 saturated heterocycles. The van der Waals surface area contributed by atoms with Crippen LogP contribution >= 0.6 is 0 Å². The normalized spacial score (nSPS) is 15.3. The molecule has 32 heavy (non-hydrogen) atoms. The minimum absolute atomic E-state index is 0.00981. The average molecular weight is 471 g/mol. The third-order valence-electron chi connectivity index (χ3n) is 4.74. The van der Waals surface area contributed by atoms with Gasteiger partial charge in [0.25, 0.3) is 5.91 Å². The number of benzene rings is 2. The molecule has 2 aromatic carbocycles. The van der Waals surface area contributed by atoms with Crippen LogP contribution in [-0.4, -0.2) is 62.0 Å². The van der Waals surface area contributed by atoms with Gasteiger partial charge in [-0.2, -0.15) is 4.31 Å². The molecule has 1 fully saturated rings. The second-order valence-electron chi connectivity index (χ2n) is 6.97. The quantitative estimate of drug-likeness (QED) is 0.724. The van der Waals surface area contributed by atoms with Gasteiger partial charge < -0.3 is 15.0 Å². The Morgan fingerprint density at radius 2 is 1.66 bits per heavy atom. The third kappa shape index (κ3) is 5.77. The minimum Gasteiger partial charge on any atom is -0.406 e. The van der Waals surface area contributed by atoms with Crippen LogP contribution in [0.4, 0.5) is 18.9 Å². The minimum atomic E-state index is -4.87. The second kappa shape index (κ2) is 9.17. The van der Waals surface area contributed by atoms with Gasteiger partial charge in [0.1, 0.15) is 5.75 Å². The Balaban J connectivity index is 1.74. The SMILES string of the molecule is CC(=O)N1CCN(S(=O)(=O)c2cccc(C(=O)Nc3cccc(OC(F)(F)F)c3)c2)CC1. The molecule has 2 aromatic rings. The molecule has 2 amide bonds. The van der Waals surface area contributed by atoms with Crippen LogP contribution < -0.4 is 10.1 Å². The molecule has 8 nitrogen and oxygen atoms in total. The largest absolute Gasteiger partial charge is 0.573 e. The number of nitrogens with one attached hydrogen (secondary N) is 1. The number of alkyl halides is 3. The van der Waals surface area contributed by atoms with E-state index in [0.29, 0.717) is 0 Å². The summed E-state index contributed by atoms with van der Waals surface area (Å²) >= 11 is 0. The first kappa shape index (κ1) is 23.5. The second-order valence-corrected chi connectivity index (χ2v) is 8.91. The van der Waals surface area contributed by atoms with E-state index in [1.165, 1.54) is 47.6 Å². The highest BCUT2D eigenvalue weighted by molar-refractivity contribution is 7.89. The van der Waals surface area contributed by atoms with Gasteiger partial charge >= 0.3 is 6.36 Å².